The normalized spacial score (nSPS) is 23.6. The van der Waals surface area contributed by atoms with E-state index in [1.807, 2.05) is 6.08 Å². The highest BCUT2D eigenvalue weighted by molar-refractivity contribution is 6.29. The number of carboxylic acids is 1. The lowest BCUT2D eigenvalue weighted by Gasteiger charge is -1.99. The number of rotatable bonds is 1. The lowest BCUT2D eigenvalue weighted by Crippen LogP contribution is -2.08. The molecule has 1 aromatic heterocycles. The van der Waals surface area contributed by atoms with Gasteiger partial charge in [0.2, 0.25) is 0 Å². The summed E-state index contributed by atoms with van der Waals surface area (Å²) in [5.74, 6) is -0.860. The number of aliphatic carboxylic acids is 1. The molecule has 6 heteroatoms. The van der Waals surface area contributed by atoms with Crippen molar-refractivity contribution in [1.82, 2.24) is 4.98 Å². The van der Waals surface area contributed by atoms with Crippen molar-refractivity contribution in [1.29, 1.82) is 0 Å². The van der Waals surface area contributed by atoms with Crippen LogP contribution in [0.25, 0.3) is 0 Å². The Hall–Kier alpha value is -1.62. The van der Waals surface area contributed by atoms with Gasteiger partial charge in [0.15, 0.2) is 11.6 Å². The molecule has 0 saturated heterocycles. The van der Waals surface area contributed by atoms with Gasteiger partial charge in [-0.05, 0) is 30.9 Å². The second kappa shape index (κ2) is 4.94. The van der Waals surface area contributed by atoms with Gasteiger partial charge in [0.1, 0.15) is 5.15 Å². The molecule has 3 N–H and O–H groups in total. The summed E-state index contributed by atoms with van der Waals surface area (Å²) in [5.41, 5.74) is 6.43. The molecule has 1 saturated carbocycles. The highest BCUT2D eigenvalue weighted by atomic mass is 35.5. The predicted molar refractivity (Wildman–Crippen MR) is 65.6 cm³/mol. The van der Waals surface area contributed by atoms with E-state index < -0.39 is 11.8 Å². The Labute approximate surface area is 108 Å². The van der Waals surface area contributed by atoms with Crippen molar-refractivity contribution in [2.45, 2.75) is 12.8 Å². The van der Waals surface area contributed by atoms with Crippen LogP contribution in [-0.2, 0) is 4.79 Å². The third kappa shape index (κ3) is 2.98. The summed E-state index contributed by atoms with van der Waals surface area (Å²) in [7, 11) is 0. The molecule has 1 heterocycles. The van der Waals surface area contributed by atoms with E-state index in [9.17, 15) is 9.18 Å². The van der Waals surface area contributed by atoms with Gasteiger partial charge in [-0.1, -0.05) is 23.3 Å². The summed E-state index contributed by atoms with van der Waals surface area (Å²) in [5, 5.41) is 8.71. The van der Waals surface area contributed by atoms with Crippen LogP contribution in [0.15, 0.2) is 23.8 Å². The molecule has 18 heavy (non-hydrogen) atoms. The zero-order valence-corrected chi connectivity index (χ0v) is 10.2. The van der Waals surface area contributed by atoms with Crippen molar-refractivity contribution in [3.8, 4) is 0 Å². The smallest absolute Gasteiger partial charge is 0.310 e. The Morgan fingerprint density at radius 3 is 2.67 bits per heavy atom. The number of carboxylic acid groups (broad SMARTS) is 1. The van der Waals surface area contributed by atoms with Crippen LogP contribution in [0.1, 0.15) is 12.8 Å². The van der Waals surface area contributed by atoms with E-state index in [2.05, 4.69) is 4.98 Å². The second-order valence-corrected chi connectivity index (χ2v) is 4.71. The number of hydrogen-bond acceptors (Lipinski definition) is 3. The quantitative estimate of drug-likeness (QED) is 0.607. The predicted octanol–water partition coefficient (Wildman–Crippen LogP) is 2.49. The molecule has 0 amide bonds. The number of nitrogen functional groups attached to an aromatic ring is 1. The molecular formula is C12H12ClFN2O2. The zero-order valence-electron chi connectivity index (χ0n) is 9.44. The highest BCUT2D eigenvalue weighted by Crippen LogP contribution is 2.49. The number of carbonyl (C=O) groups is 1. The number of allylic oxidation sites excluding steroid dienone is 1. The van der Waals surface area contributed by atoms with E-state index >= 15 is 0 Å². The Morgan fingerprint density at radius 1 is 1.56 bits per heavy atom. The molecule has 0 radical (unpaired) electrons. The largest absolute Gasteiger partial charge is 0.481 e. The van der Waals surface area contributed by atoms with Crippen LogP contribution in [0.3, 0.4) is 0 Å². The van der Waals surface area contributed by atoms with Gasteiger partial charge >= 0.3 is 5.97 Å². The van der Waals surface area contributed by atoms with Crippen molar-refractivity contribution in [3.05, 3.63) is 34.8 Å². The van der Waals surface area contributed by atoms with Gasteiger partial charge in [0, 0.05) is 0 Å². The maximum Gasteiger partial charge on any atom is 0.310 e. The lowest BCUT2D eigenvalue weighted by atomic mass is 10.1. The number of fused-ring (bicyclic) bond motifs is 1. The third-order valence-electron chi connectivity index (χ3n) is 2.96. The van der Waals surface area contributed by atoms with Gasteiger partial charge < -0.3 is 10.8 Å². The standard InChI is InChI=1S/C7H8O2.C5H4ClFN2/c8-7(9)6-2-4-1-5(4)3-6;6-4-2-1-3(7)5(8)9-4/h2,5-6H,1,3H2,(H,8,9);1-2H,(H2,8,9). The minimum Gasteiger partial charge on any atom is -0.481 e. The van der Waals surface area contributed by atoms with Crippen LogP contribution in [0.4, 0.5) is 10.2 Å². The molecule has 2 aliphatic carbocycles. The van der Waals surface area contributed by atoms with Gasteiger partial charge in [-0.2, -0.15) is 0 Å². The molecule has 0 spiro atoms. The number of nitrogens with two attached hydrogens (primary N) is 1. The Bertz CT molecular complexity index is 519. The van der Waals surface area contributed by atoms with Crippen molar-refractivity contribution in [3.63, 3.8) is 0 Å². The zero-order chi connectivity index (χ0) is 13.3. The molecule has 0 bridgehead atoms. The second-order valence-electron chi connectivity index (χ2n) is 4.32. The average molecular weight is 271 g/mol. The molecule has 1 fully saturated rings. The van der Waals surface area contributed by atoms with Crippen LogP contribution in [0.5, 0.6) is 0 Å². The minimum atomic E-state index is -0.658. The average Bonchev–Trinajstić information content (AvgIpc) is 2.92. The Kier molecular flexibility index (Phi) is 3.52. The third-order valence-corrected chi connectivity index (χ3v) is 3.17. The van der Waals surface area contributed by atoms with Crippen LogP contribution >= 0.6 is 11.6 Å². The summed E-state index contributed by atoms with van der Waals surface area (Å²) in [6.07, 6.45) is 3.95. The van der Waals surface area contributed by atoms with Crippen molar-refractivity contribution in [2.75, 3.05) is 5.73 Å². The topological polar surface area (TPSA) is 76.2 Å². The number of halogens is 2. The molecule has 2 unspecified atom stereocenters. The Balaban J connectivity index is 0.000000134. The first-order valence-corrected chi connectivity index (χ1v) is 5.86. The highest BCUT2D eigenvalue weighted by Gasteiger charge is 2.40. The van der Waals surface area contributed by atoms with Crippen LogP contribution in [-0.4, -0.2) is 16.1 Å². The van der Waals surface area contributed by atoms with Gasteiger partial charge in [-0.15, -0.1) is 0 Å². The van der Waals surface area contributed by atoms with Crippen molar-refractivity contribution < 1.29 is 14.3 Å². The molecule has 2 aliphatic rings. The maximum absolute atomic E-state index is 12.3. The molecule has 0 aromatic carbocycles. The number of hydrogen-bond donors (Lipinski definition) is 2. The number of anilines is 1. The Morgan fingerprint density at radius 2 is 2.28 bits per heavy atom. The number of nitrogens with zero attached hydrogens (tertiary/aromatic N) is 1. The van der Waals surface area contributed by atoms with E-state index in [4.69, 9.17) is 22.4 Å². The maximum atomic E-state index is 12.3. The molecule has 2 atom stereocenters. The van der Waals surface area contributed by atoms with E-state index in [0.29, 0.717) is 5.92 Å². The fourth-order valence-corrected chi connectivity index (χ4v) is 2.06. The minimum absolute atomic E-state index is 0.154. The van der Waals surface area contributed by atoms with E-state index in [0.717, 1.165) is 6.42 Å². The van der Waals surface area contributed by atoms with Gasteiger partial charge in [-0.3, -0.25) is 4.79 Å². The SMILES string of the molecule is Nc1nc(Cl)ccc1F.O=C(O)C1C=C2CC2C1. The van der Waals surface area contributed by atoms with Crippen LogP contribution in [0, 0.1) is 17.7 Å². The van der Waals surface area contributed by atoms with Crippen molar-refractivity contribution >= 4 is 23.4 Å². The fraction of sp³-hybridized carbons (Fsp3) is 0.333. The first-order chi connectivity index (χ1) is 8.47. The van der Waals surface area contributed by atoms with Crippen molar-refractivity contribution in [2.24, 2.45) is 11.8 Å². The summed E-state index contributed by atoms with van der Waals surface area (Å²) >= 11 is 5.36. The number of aromatic nitrogens is 1. The molecule has 96 valence electrons. The lowest BCUT2D eigenvalue weighted by molar-refractivity contribution is -0.140. The molecule has 4 nitrogen and oxygen atoms in total. The summed E-state index contributed by atoms with van der Waals surface area (Å²) in [4.78, 5) is 13.8. The number of pyridine rings is 1. The van der Waals surface area contributed by atoms with Crippen LogP contribution in [0.2, 0.25) is 5.15 Å². The van der Waals surface area contributed by atoms with Gasteiger partial charge in [0.25, 0.3) is 0 Å². The fourth-order valence-electron chi connectivity index (χ4n) is 1.90. The van der Waals surface area contributed by atoms with E-state index in [-0.39, 0.29) is 16.9 Å². The monoisotopic (exact) mass is 270 g/mol. The molecule has 3 rings (SSSR count). The van der Waals surface area contributed by atoms with E-state index in [1.165, 1.54) is 24.1 Å². The molecule has 1 aromatic rings. The summed E-state index contributed by atoms with van der Waals surface area (Å²) < 4.78 is 12.3. The van der Waals surface area contributed by atoms with Crippen LogP contribution < -0.4 is 5.73 Å². The van der Waals surface area contributed by atoms with E-state index in [1.54, 1.807) is 0 Å². The van der Waals surface area contributed by atoms with Gasteiger partial charge in [-0.25, -0.2) is 9.37 Å². The van der Waals surface area contributed by atoms with Gasteiger partial charge in [0.05, 0.1) is 5.92 Å². The summed E-state index contributed by atoms with van der Waals surface area (Å²) in [6.45, 7) is 0. The first-order valence-electron chi connectivity index (χ1n) is 5.48. The molecular weight excluding hydrogens is 259 g/mol. The first kappa shape index (κ1) is 12.8. The molecule has 0 aliphatic heterocycles. The summed E-state index contributed by atoms with van der Waals surface area (Å²) in [6, 6.07) is 2.51.